The van der Waals surface area contributed by atoms with Gasteiger partial charge in [0.1, 0.15) is 5.82 Å². The Morgan fingerprint density at radius 2 is 2.05 bits per heavy atom. The van der Waals surface area contributed by atoms with Gasteiger partial charge in [0.25, 0.3) is 0 Å². The van der Waals surface area contributed by atoms with Crippen molar-refractivity contribution in [3.05, 3.63) is 30.1 Å². The molecule has 1 aliphatic carbocycles. The third kappa shape index (κ3) is 4.74. The summed E-state index contributed by atoms with van der Waals surface area (Å²) in [4.78, 5) is 13.9. The van der Waals surface area contributed by atoms with Crippen LogP contribution in [0.2, 0.25) is 0 Å². The normalized spacial score (nSPS) is 15.6. The quantitative estimate of drug-likeness (QED) is 0.843. The Morgan fingerprint density at radius 3 is 2.55 bits per heavy atom. The van der Waals surface area contributed by atoms with Crippen molar-refractivity contribution in [2.75, 3.05) is 25.5 Å². The van der Waals surface area contributed by atoms with Gasteiger partial charge in [0.15, 0.2) is 0 Å². The van der Waals surface area contributed by atoms with E-state index < -0.39 is 0 Å². The van der Waals surface area contributed by atoms with E-state index >= 15 is 0 Å². The van der Waals surface area contributed by atoms with Gasteiger partial charge in [-0.2, -0.15) is 0 Å². The first-order valence-corrected chi connectivity index (χ1v) is 6.56. The van der Waals surface area contributed by atoms with E-state index in [9.17, 15) is 9.18 Å². The zero-order valence-electron chi connectivity index (χ0n) is 11.5. The summed E-state index contributed by atoms with van der Waals surface area (Å²) in [7, 11) is 1.92. The van der Waals surface area contributed by atoms with E-state index in [-0.39, 0.29) is 30.2 Å². The first kappa shape index (κ1) is 16.9. The molecular formula is C14H21ClFN3O. The maximum Gasteiger partial charge on any atom is 0.238 e. The molecule has 0 bridgehead atoms. The highest BCUT2D eigenvalue weighted by Crippen LogP contribution is 2.34. The molecule has 1 atom stereocenters. The Kier molecular flexibility index (Phi) is 6.39. The van der Waals surface area contributed by atoms with Crippen LogP contribution in [0.5, 0.6) is 0 Å². The second kappa shape index (κ2) is 7.57. The summed E-state index contributed by atoms with van der Waals surface area (Å²) >= 11 is 0. The van der Waals surface area contributed by atoms with Crippen LogP contribution in [0.25, 0.3) is 0 Å². The monoisotopic (exact) mass is 301 g/mol. The van der Waals surface area contributed by atoms with E-state index in [2.05, 4.69) is 5.32 Å². The number of halogens is 2. The summed E-state index contributed by atoms with van der Waals surface area (Å²) in [6.45, 7) is 0.876. The molecule has 0 aliphatic heterocycles. The van der Waals surface area contributed by atoms with Gasteiger partial charge in [-0.15, -0.1) is 12.4 Å². The Labute approximate surface area is 124 Å². The molecule has 1 fully saturated rings. The molecular weight excluding hydrogens is 281 g/mol. The predicted octanol–water partition coefficient (Wildman–Crippen LogP) is 1.86. The Morgan fingerprint density at radius 1 is 1.45 bits per heavy atom. The zero-order chi connectivity index (χ0) is 13.8. The van der Waals surface area contributed by atoms with Crippen molar-refractivity contribution in [1.29, 1.82) is 0 Å². The molecule has 20 heavy (non-hydrogen) atoms. The largest absolute Gasteiger partial charge is 0.329 e. The van der Waals surface area contributed by atoms with E-state index in [4.69, 9.17) is 5.73 Å². The SMILES string of the molecule is CN(CC(=O)Nc1ccc(F)cc1)C(CN)C1CC1.Cl. The highest BCUT2D eigenvalue weighted by molar-refractivity contribution is 5.92. The van der Waals surface area contributed by atoms with Gasteiger partial charge < -0.3 is 11.1 Å². The average molecular weight is 302 g/mol. The standard InChI is InChI=1S/C14H20FN3O.ClH/c1-18(13(8-16)10-2-3-10)9-14(19)17-12-6-4-11(15)5-7-12;/h4-7,10,13H,2-3,8-9,16H2,1H3,(H,17,19);1H. The van der Waals surface area contributed by atoms with Crippen LogP contribution in [0.15, 0.2) is 24.3 Å². The van der Waals surface area contributed by atoms with Crippen LogP contribution in [0, 0.1) is 11.7 Å². The highest BCUT2D eigenvalue weighted by Gasteiger charge is 2.33. The number of nitrogens with zero attached hydrogens (tertiary/aromatic N) is 1. The van der Waals surface area contributed by atoms with Crippen LogP contribution in [-0.2, 0) is 4.79 Å². The van der Waals surface area contributed by atoms with Crippen molar-refractivity contribution in [2.24, 2.45) is 11.7 Å². The summed E-state index contributed by atoms with van der Waals surface area (Å²) in [5, 5.41) is 2.75. The van der Waals surface area contributed by atoms with Crippen LogP contribution >= 0.6 is 12.4 Å². The lowest BCUT2D eigenvalue weighted by Gasteiger charge is -2.26. The van der Waals surface area contributed by atoms with Crippen LogP contribution < -0.4 is 11.1 Å². The van der Waals surface area contributed by atoms with Gasteiger partial charge in [-0.05, 0) is 50.1 Å². The van der Waals surface area contributed by atoms with Crippen LogP contribution in [0.1, 0.15) is 12.8 Å². The first-order chi connectivity index (χ1) is 9.10. The summed E-state index contributed by atoms with van der Waals surface area (Å²) < 4.78 is 12.7. The topological polar surface area (TPSA) is 58.4 Å². The minimum atomic E-state index is -0.313. The van der Waals surface area contributed by atoms with Crippen molar-refractivity contribution >= 4 is 24.0 Å². The van der Waals surface area contributed by atoms with Crippen molar-refractivity contribution < 1.29 is 9.18 Å². The summed E-state index contributed by atoms with van der Waals surface area (Å²) in [6, 6.07) is 6.03. The maximum atomic E-state index is 12.7. The fraction of sp³-hybridized carbons (Fsp3) is 0.500. The summed E-state index contributed by atoms with van der Waals surface area (Å²) in [5.41, 5.74) is 6.35. The molecule has 3 N–H and O–H groups in total. The number of benzene rings is 1. The molecule has 1 unspecified atom stereocenters. The molecule has 1 aromatic carbocycles. The molecule has 1 saturated carbocycles. The first-order valence-electron chi connectivity index (χ1n) is 6.56. The van der Waals surface area contributed by atoms with Crippen LogP contribution in [-0.4, -0.2) is 37.0 Å². The van der Waals surface area contributed by atoms with Crippen molar-refractivity contribution in [3.8, 4) is 0 Å². The molecule has 0 saturated heterocycles. The van der Waals surface area contributed by atoms with E-state index in [1.165, 1.54) is 25.0 Å². The van der Waals surface area contributed by atoms with Gasteiger partial charge >= 0.3 is 0 Å². The average Bonchev–Trinajstić information content (AvgIpc) is 3.17. The van der Waals surface area contributed by atoms with Gasteiger partial charge in [0.05, 0.1) is 6.54 Å². The molecule has 0 spiro atoms. The highest BCUT2D eigenvalue weighted by atomic mass is 35.5. The third-order valence-electron chi connectivity index (χ3n) is 3.49. The number of nitrogens with one attached hydrogen (secondary N) is 1. The molecule has 112 valence electrons. The van der Waals surface area contributed by atoms with E-state index in [1.54, 1.807) is 12.1 Å². The Hall–Kier alpha value is -1.17. The number of carbonyl (C=O) groups excluding carboxylic acids is 1. The Balaban J connectivity index is 0.00000200. The molecule has 0 aromatic heterocycles. The van der Waals surface area contributed by atoms with Crippen molar-refractivity contribution in [2.45, 2.75) is 18.9 Å². The lowest BCUT2D eigenvalue weighted by atomic mass is 10.1. The molecule has 4 nitrogen and oxygen atoms in total. The molecule has 1 aliphatic rings. The second-order valence-electron chi connectivity index (χ2n) is 5.11. The zero-order valence-corrected chi connectivity index (χ0v) is 12.3. The van der Waals surface area contributed by atoms with Crippen molar-refractivity contribution in [3.63, 3.8) is 0 Å². The number of hydrogen-bond acceptors (Lipinski definition) is 3. The second-order valence-corrected chi connectivity index (χ2v) is 5.11. The van der Waals surface area contributed by atoms with Gasteiger partial charge in [0.2, 0.25) is 5.91 Å². The van der Waals surface area contributed by atoms with Crippen molar-refractivity contribution in [1.82, 2.24) is 4.90 Å². The number of hydrogen-bond donors (Lipinski definition) is 2. The van der Waals surface area contributed by atoms with Crippen LogP contribution in [0.4, 0.5) is 10.1 Å². The minimum Gasteiger partial charge on any atom is -0.329 e. The molecule has 0 radical (unpaired) electrons. The number of amides is 1. The fourth-order valence-corrected chi connectivity index (χ4v) is 2.29. The van der Waals surface area contributed by atoms with Gasteiger partial charge in [-0.1, -0.05) is 0 Å². The molecule has 6 heteroatoms. The van der Waals surface area contributed by atoms with E-state index in [0.29, 0.717) is 24.7 Å². The lowest BCUT2D eigenvalue weighted by molar-refractivity contribution is -0.117. The number of carbonyl (C=O) groups is 1. The van der Waals surface area contributed by atoms with Gasteiger partial charge in [0, 0.05) is 18.3 Å². The van der Waals surface area contributed by atoms with E-state index in [1.807, 2.05) is 11.9 Å². The number of likely N-dealkylation sites (N-methyl/N-ethyl adjacent to an activating group) is 1. The molecule has 0 heterocycles. The third-order valence-corrected chi connectivity index (χ3v) is 3.49. The number of rotatable bonds is 6. The fourth-order valence-electron chi connectivity index (χ4n) is 2.29. The smallest absolute Gasteiger partial charge is 0.238 e. The molecule has 1 amide bonds. The lowest BCUT2D eigenvalue weighted by Crippen LogP contribution is -2.43. The maximum absolute atomic E-state index is 12.7. The molecule has 2 rings (SSSR count). The van der Waals surface area contributed by atoms with Gasteiger partial charge in [-0.3, -0.25) is 9.69 Å². The number of anilines is 1. The number of nitrogens with two attached hydrogens (primary N) is 1. The predicted molar refractivity (Wildman–Crippen MR) is 80.5 cm³/mol. The van der Waals surface area contributed by atoms with Crippen LogP contribution in [0.3, 0.4) is 0 Å². The Bertz CT molecular complexity index is 437. The van der Waals surface area contributed by atoms with Gasteiger partial charge in [-0.25, -0.2) is 4.39 Å². The van der Waals surface area contributed by atoms with E-state index in [0.717, 1.165) is 0 Å². The summed E-state index contributed by atoms with van der Waals surface area (Å²) in [5.74, 6) is 0.217. The molecule has 1 aromatic rings. The minimum absolute atomic E-state index is 0. The summed E-state index contributed by atoms with van der Waals surface area (Å²) in [6.07, 6.45) is 2.40.